The molecule has 1 amide bonds. The number of carbonyl (C=O) groups is 1. The number of amides is 1. The summed E-state index contributed by atoms with van der Waals surface area (Å²) in [6.07, 6.45) is 2.47. The molecule has 2 nitrogen and oxygen atoms in total. The first-order valence-corrected chi connectivity index (χ1v) is 6.34. The average Bonchev–Trinajstić information content (AvgIpc) is 2.70. The largest absolute Gasteiger partial charge is 0.348 e. The molecule has 0 radical (unpaired) electrons. The highest BCUT2D eigenvalue weighted by Crippen LogP contribution is 2.25. The third kappa shape index (κ3) is 2.48. The van der Waals surface area contributed by atoms with Gasteiger partial charge in [-0.05, 0) is 37.8 Å². The van der Waals surface area contributed by atoms with Crippen LogP contribution in [-0.2, 0) is 0 Å². The molecule has 0 spiro atoms. The van der Waals surface area contributed by atoms with Crippen molar-refractivity contribution in [2.24, 2.45) is 0 Å². The maximum absolute atomic E-state index is 13.8. The Kier molecular flexibility index (Phi) is 3.85. The normalized spacial score (nSPS) is 23.1. The van der Waals surface area contributed by atoms with Crippen LogP contribution in [-0.4, -0.2) is 17.3 Å². The summed E-state index contributed by atoms with van der Waals surface area (Å²) >= 11 is 6.02. The predicted octanol–water partition coefficient (Wildman–Crippen LogP) is 3.16. The summed E-state index contributed by atoms with van der Waals surface area (Å²) in [7, 11) is 0. The van der Waals surface area contributed by atoms with Gasteiger partial charge in [0.25, 0.3) is 5.91 Å². The second-order valence-corrected chi connectivity index (χ2v) is 5.14. The quantitative estimate of drug-likeness (QED) is 0.824. The zero-order valence-corrected chi connectivity index (χ0v) is 10.7. The number of alkyl halides is 1. The van der Waals surface area contributed by atoms with Gasteiger partial charge in [0.05, 0.1) is 5.38 Å². The van der Waals surface area contributed by atoms with Gasteiger partial charge in [0.1, 0.15) is 17.2 Å². The molecule has 0 saturated heterocycles. The van der Waals surface area contributed by atoms with Gasteiger partial charge in [-0.2, -0.15) is 0 Å². The molecular weight excluding hydrogens is 260 g/mol. The zero-order valence-electron chi connectivity index (χ0n) is 9.97. The van der Waals surface area contributed by atoms with E-state index in [0.717, 1.165) is 25.3 Å². The first-order chi connectivity index (χ1) is 8.50. The molecule has 2 atom stereocenters. The minimum Gasteiger partial charge on any atom is -0.348 e. The van der Waals surface area contributed by atoms with Crippen molar-refractivity contribution in [1.29, 1.82) is 0 Å². The number of halogens is 3. The molecule has 5 heteroatoms. The third-order valence-electron chi connectivity index (χ3n) is 3.26. The Bertz CT molecular complexity index is 478. The summed E-state index contributed by atoms with van der Waals surface area (Å²) < 4.78 is 27.3. The Morgan fingerprint density at radius 1 is 1.39 bits per heavy atom. The predicted molar refractivity (Wildman–Crippen MR) is 65.8 cm³/mol. The average molecular weight is 274 g/mol. The van der Waals surface area contributed by atoms with Crippen LogP contribution >= 0.6 is 11.6 Å². The first kappa shape index (κ1) is 13.3. The lowest BCUT2D eigenvalue weighted by atomic mass is 10.1. The van der Waals surface area contributed by atoms with Gasteiger partial charge in [-0.3, -0.25) is 4.79 Å². The molecule has 0 heterocycles. The molecule has 0 aliphatic heterocycles. The van der Waals surface area contributed by atoms with Crippen LogP contribution in [0.25, 0.3) is 0 Å². The number of hydrogen-bond donors (Lipinski definition) is 1. The van der Waals surface area contributed by atoms with Crippen LogP contribution in [0.3, 0.4) is 0 Å². The second-order valence-electron chi connectivity index (χ2n) is 4.58. The smallest absolute Gasteiger partial charge is 0.257 e. The molecule has 1 fully saturated rings. The summed E-state index contributed by atoms with van der Waals surface area (Å²) in [5.74, 6) is -2.39. The summed E-state index contributed by atoms with van der Waals surface area (Å²) in [5, 5.41) is 2.44. The molecular formula is C13H14ClF2NO. The Morgan fingerprint density at radius 3 is 2.72 bits per heavy atom. The van der Waals surface area contributed by atoms with Crippen LogP contribution in [0.1, 0.15) is 35.2 Å². The SMILES string of the molecule is Cc1ccc(F)c(C(=O)NC2CCCC2Cl)c1F. The number of benzene rings is 1. The fraction of sp³-hybridized carbons (Fsp3) is 0.462. The molecule has 18 heavy (non-hydrogen) atoms. The lowest BCUT2D eigenvalue weighted by Crippen LogP contribution is -2.38. The summed E-state index contributed by atoms with van der Waals surface area (Å²) in [4.78, 5) is 11.9. The number of carbonyl (C=O) groups excluding carboxylic acids is 1. The lowest BCUT2D eigenvalue weighted by molar-refractivity contribution is 0.0929. The third-order valence-corrected chi connectivity index (χ3v) is 3.78. The van der Waals surface area contributed by atoms with Crippen molar-refractivity contribution in [2.45, 2.75) is 37.6 Å². The maximum atomic E-state index is 13.8. The monoisotopic (exact) mass is 273 g/mol. The molecule has 2 rings (SSSR count). The van der Waals surface area contributed by atoms with E-state index < -0.39 is 23.1 Å². The van der Waals surface area contributed by atoms with Gasteiger partial charge < -0.3 is 5.32 Å². The van der Waals surface area contributed by atoms with E-state index in [1.165, 1.54) is 13.0 Å². The Balaban J connectivity index is 2.21. The van der Waals surface area contributed by atoms with Crippen LogP contribution in [0.2, 0.25) is 0 Å². The molecule has 1 saturated carbocycles. The van der Waals surface area contributed by atoms with Gasteiger partial charge in [0.15, 0.2) is 0 Å². The van der Waals surface area contributed by atoms with Crippen molar-refractivity contribution in [3.63, 3.8) is 0 Å². The molecule has 1 aromatic carbocycles. The minimum atomic E-state index is -0.847. The molecule has 0 bridgehead atoms. The number of rotatable bonds is 2. The van der Waals surface area contributed by atoms with Gasteiger partial charge >= 0.3 is 0 Å². The first-order valence-electron chi connectivity index (χ1n) is 5.90. The van der Waals surface area contributed by atoms with Crippen LogP contribution in [0.15, 0.2) is 12.1 Å². The molecule has 98 valence electrons. The van der Waals surface area contributed by atoms with E-state index in [4.69, 9.17) is 11.6 Å². The molecule has 1 aliphatic carbocycles. The van der Waals surface area contributed by atoms with E-state index in [-0.39, 0.29) is 17.0 Å². The van der Waals surface area contributed by atoms with E-state index in [2.05, 4.69) is 5.32 Å². The van der Waals surface area contributed by atoms with Gasteiger partial charge in [-0.15, -0.1) is 11.6 Å². The van der Waals surface area contributed by atoms with E-state index in [1.807, 2.05) is 0 Å². The van der Waals surface area contributed by atoms with Gasteiger partial charge in [0, 0.05) is 6.04 Å². The second kappa shape index (κ2) is 5.22. The van der Waals surface area contributed by atoms with Gasteiger partial charge in [0.2, 0.25) is 0 Å². The minimum absolute atomic E-state index is 0.162. The molecule has 1 aliphatic rings. The molecule has 1 aromatic rings. The zero-order chi connectivity index (χ0) is 13.3. The molecule has 0 aromatic heterocycles. The van der Waals surface area contributed by atoms with Crippen molar-refractivity contribution in [3.05, 3.63) is 34.9 Å². The molecule has 2 unspecified atom stereocenters. The maximum Gasteiger partial charge on any atom is 0.257 e. The van der Waals surface area contributed by atoms with E-state index in [0.29, 0.717) is 0 Å². The molecule has 1 N–H and O–H groups in total. The summed E-state index contributed by atoms with van der Waals surface area (Å²) in [6, 6.07) is 2.19. The number of hydrogen-bond acceptors (Lipinski definition) is 1. The van der Waals surface area contributed by atoms with E-state index in [9.17, 15) is 13.6 Å². The Morgan fingerprint density at radius 2 is 2.11 bits per heavy atom. The fourth-order valence-corrected chi connectivity index (χ4v) is 2.53. The topological polar surface area (TPSA) is 29.1 Å². The van der Waals surface area contributed by atoms with Gasteiger partial charge in [-0.25, -0.2) is 8.78 Å². The standard InChI is InChI=1S/C13H14ClF2NO/c1-7-5-6-9(15)11(12(7)16)13(18)17-10-4-2-3-8(10)14/h5-6,8,10H,2-4H2,1H3,(H,17,18). The summed E-state index contributed by atoms with van der Waals surface area (Å²) in [5.41, 5.74) is -0.277. The highest BCUT2D eigenvalue weighted by molar-refractivity contribution is 6.21. The van der Waals surface area contributed by atoms with E-state index >= 15 is 0 Å². The van der Waals surface area contributed by atoms with Crippen molar-refractivity contribution in [2.75, 3.05) is 0 Å². The highest BCUT2D eigenvalue weighted by atomic mass is 35.5. The van der Waals surface area contributed by atoms with Crippen molar-refractivity contribution in [1.82, 2.24) is 5.32 Å². The highest BCUT2D eigenvalue weighted by Gasteiger charge is 2.29. The fourth-order valence-electron chi connectivity index (χ4n) is 2.18. The number of aryl methyl sites for hydroxylation is 1. The van der Waals surface area contributed by atoms with Crippen LogP contribution in [0.4, 0.5) is 8.78 Å². The summed E-state index contributed by atoms with van der Waals surface area (Å²) in [6.45, 7) is 1.49. The van der Waals surface area contributed by atoms with Crippen molar-refractivity contribution >= 4 is 17.5 Å². The Hall–Kier alpha value is -1.16. The van der Waals surface area contributed by atoms with Crippen molar-refractivity contribution in [3.8, 4) is 0 Å². The Labute approximate surface area is 109 Å². The van der Waals surface area contributed by atoms with Crippen LogP contribution in [0, 0.1) is 18.6 Å². The lowest BCUT2D eigenvalue weighted by Gasteiger charge is -2.16. The van der Waals surface area contributed by atoms with Crippen LogP contribution < -0.4 is 5.32 Å². The number of nitrogens with one attached hydrogen (secondary N) is 1. The van der Waals surface area contributed by atoms with Crippen molar-refractivity contribution < 1.29 is 13.6 Å². The van der Waals surface area contributed by atoms with Crippen LogP contribution in [0.5, 0.6) is 0 Å². The van der Waals surface area contributed by atoms with Gasteiger partial charge in [-0.1, -0.05) is 6.07 Å². The van der Waals surface area contributed by atoms with E-state index in [1.54, 1.807) is 0 Å².